The van der Waals surface area contributed by atoms with Gasteiger partial charge in [0.05, 0.1) is 6.26 Å². The number of aliphatic imine (C=N–C) groups is 1. The Labute approximate surface area is 145 Å². The summed E-state index contributed by atoms with van der Waals surface area (Å²) in [6.45, 7) is 4.29. The number of furan rings is 1. The van der Waals surface area contributed by atoms with Gasteiger partial charge in [0.2, 0.25) is 0 Å². The Hall–Kier alpha value is -1.98. The van der Waals surface area contributed by atoms with Crippen LogP contribution in [0.1, 0.15) is 62.4 Å². The van der Waals surface area contributed by atoms with Gasteiger partial charge in [-0.1, -0.05) is 45.4 Å². The molecule has 0 bridgehead atoms. The maximum atomic E-state index is 11.7. The van der Waals surface area contributed by atoms with Gasteiger partial charge in [-0.05, 0) is 18.6 Å². The Kier molecular flexibility index (Phi) is 11.3. The van der Waals surface area contributed by atoms with E-state index in [1.807, 2.05) is 0 Å². The molecule has 136 valence electrons. The highest BCUT2D eigenvalue weighted by Crippen LogP contribution is 2.06. The third-order valence-electron chi connectivity index (χ3n) is 3.74. The van der Waals surface area contributed by atoms with Crippen molar-refractivity contribution in [1.29, 1.82) is 0 Å². The van der Waals surface area contributed by atoms with Crippen LogP contribution in [-0.2, 0) is 0 Å². The molecule has 6 nitrogen and oxygen atoms in total. The highest BCUT2D eigenvalue weighted by molar-refractivity contribution is 5.91. The van der Waals surface area contributed by atoms with Gasteiger partial charge in [-0.3, -0.25) is 9.79 Å². The maximum absolute atomic E-state index is 11.7. The molecular formula is C18H32N4O2. The van der Waals surface area contributed by atoms with Crippen molar-refractivity contribution in [1.82, 2.24) is 16.0 Å². The van der Waals surface area contributed by atoms with Gasteiger partial charge in [0, 0.05) is 26.7 Å². The Morgan fingerprint density at radius 1 is 1.00 bits per heavy atom. The summed E-state index contributed by atoms with van der Waals surface area (Å²) in [6.07, 6.45) is 10.6. The molecule has 1 amide bonds. The summed E-state index contributed by atoms with van der Waals surface area (Å²) < 4.78 is 5.03. The molecule has 6 heteroatoms. The Morgan fingerprint density at radius 3 is 2.33 bits per heavy atom. The molecule has 1 aromatic heterocycles. The molecule has 0 fully saturated rings. The van der Waals surface area contributed by atoms with E-state index in [4.69, 9.17) is 4.42 Å². The number of nitrogens with zero attached hydrogens (tertiary/aromatic N) is 1. The van der Waals surface area contributed by atoms with E-state index in [1.54, 1.807) is 19.2 Å². The first-order valence-corrected chi connectivity index (χ1v) is 9.04. The van der Waals surface area contributed by atoms with Crippen molar-refractivity contribution >= 4 is 11.9 Å². The smallest absolute Gasteiger partial charge is 0.287 e. The van der Waals surface area contributed by atoms with Crippen molar-refractivity contribution in [3.8, 4) is 0 Å². The number of rotatable bonds is 12. The number of guanidine groups is 1. The predicted molar refractivity (Wildman–Crippen MR) is 98.4 cm³/mol. The third-order valence-corrected chi connectivity index (χ3v) is 3.74. The molecule has 1 aromatic rings. The summed E-state index contributed by atoms with van der Waals surface area (Å²) in [5, 5.41) is 9.26. The Bertz CT molecular complexity index is 458. The van der Waals surface area contributed by atoms with Gasteiger partial charge < -0.3 is 20.4 Å². The predicted octanol–water partition coefficient (Wildman–Crippen LogP) is 2.92. The van der Waals surface area contributed by atoms with E-state index in [-0.39, 0.29) is 5.91 Å². The van der Waals surface area contributed by atoms with E-state index in [1.165, 1.54) is 44.8 Å². The summed E-state index contributed by atoms with van der Waals surface area (Å²) in [7, 11) is 1.75. The van der Waals surface area contributed by atoms with Crippen LogP contribution in [0.5, 0.6) is 0 Å². The Balaban J connectivity index is 1.99. The van der Waals surface area contributed by atoms with Crippen LogP contribution in [0.15, 0.2) is 27.8 Å². The monoisotopic (exact) mass is 336 g/mol. The molecular weight excluding hydrogens is 304 g/mol. The minimum absolute atomic E-state index is 0.201. The lowest BCUT2D eigenvalue weighted by Crippen LogP contribution is -2.41. The standard InChI is InChI=1S/C18H32N4O2/c1-3-4-5-6-7-8-9-12-21-18(19-2)22-14-13-20-17(23)16-11-10-15-24-16/h10-11,15H,3-9,12-14H2,1-2H3,(H,20,23)(H2,19,21,22). The fourth-order valence-corrected chi connectivity index (χ4v) is 2.36. The second kappa shape index (κ2) is 13.5. The van der Waals surface area contributed by atoms with Gasteiger partial charge in [-0.15, -0.1) is 0 Å². The van der Waals surface area contributed by atoms with Crippen LogP contribution in [0, 0.1) is 0 Å². The van der Waals surface area contributed by atoms with Crippen molar-refractivity contribution < 1.29 is 9.21 Å². The van der Waals surface area contributed by atoms with Crippen molar-refractivity contribution in [3.05, 3.63) is 24.2 Å². The maximum Gasteiger partial charge on any atom is 0.287 e. The van der Waals surface area contributed by atoms with Crippen LogP contribution in [-0.4, -0.2) is 38.5 Å². The van der Waals surface area contributed by atoms with Crippen molar-refractivity contribution in [2.75, 3.05) is 26.7 Å². The second-order valence-electron chi connectivity index (χ2n) is 5.78. The largest absolute Gasteiger partial charge is 0.459 e. The third kappa shape index (κ3) is 9.22. The van der Waals surface area contributed by atoms with Crippen LogP contribution in [0.2, 0.25) is 0 Å². The normalized spacial score (nSPS) is 11.3. The van der Waals surface area contributed by atoms with Gasteiger partial charge in [-0.2, -0.15) is 0 Å². The van der Waals surface area contributed by atoms with E-state index >= 15 is 0 Å². The highest BCUT2D eigenvalue weighted by Gasteiger charge is 2.06. The summed E-state index contributed by atoms with van der Waals surface area (Å²) in [4.78, 5) is 15.9. The Morgan fingerprint density at radius 2 is 1.67 bits per heavy atom. The number of hydrogen-bond acceptors (Lipinski definition) is 3. The first-order valence-electron chi connectivity index (χ1n) is 9.04. The van der Waals surface area contributed by atoms with Crippen molar-refractivity contribution in [2.45, 2.75) is 51.9 Å². The number of carbonyl (C=O) groups is 1. The molecule has 0 unspecified atom stereocenters. The number of amides is 1. The SMILES string of the molecule is CCCCCCCCCNC(=NC)NCCNC(=O)c1ccco1. The van der Waals surface area contributed by atoms with E-state index < -0.39 is 0 Å². The zero-order valence-corrected chi connectivity index (χ0v) is 15.1. The second-order valence-corrected chi connectivity index (χ2v) is 5.78. The topological polar surface area (TPSA) is 78.7 Å². The molecule has 0 saturated carbocycles. The molecule has 0 aromatic carbocycles. The summed E-state index contributed by atoms with van der Waals surface area (Å²) >= 11 is 0. The van der Waals surface area contributed by atoms with Crippen LogP contribution in [0.25, 0.3) is 0 Å². The molecule has 0 spiro atoms. The molecule has 3 N–H and O–H groups in total. The fourth-order valence-electron chi connectivity index (χ4n) is 2.36. The zero-order valence-electron chi connectivity index (χ0n) is 15.1. The molecule has 1 heterocycles. The van der Waals surface area contributed by atoms with Crippen LogP contribution < -0.4 is 16.0 Å². The molecule has 0 radical (unpaired) electrons. The van der Waals surface area contributed by atoms with E-state index in [9.17, 15) is 4.79 Å². The average molecular weight is 336 g/mol. The highest BCUT2D eigenvalue weighted by atomic mass is 16.3. The summed E-state index contributed by atoms with van der Waals surface area (Å²) in [5.41, 5.74) is 0. The molecule has 1 rings (SSSR count). The van der Waals surface area contributed by atoms with Crippen LogP contribution in [0.4, 0.5) is 0 Å². The van der Waals surface area contributed by atoms with Crippen molar-refractivity contribution in [2.24, 2.45) is 4.99 Å². The molecule has 24 heavy (non-hydrogen) atoms. The first kappa shape index (κ1) is 20.1. The molecule has 0 aliphatic rings. The van der Waals surface area contributed by atoms with E-state index in [0.717, 1.165) is 18.9 Å². The van der Waals surface area contributed by atoms with Crippen LogP contribution in [0.3, 0.4) is 0 Å². The summed E-state index contributed by atoms with van der Waals surface area (Å²) in [5.74, 6) is 0.900. The van der Waals surface area contributed by atoms with Crippen molar-refractivity contribution in [3.63, 3.8) is 0 Å². The first-order chi connectivity index (χ1) is 11.8. The van der Waals surface area contributed by atoms with Gasteiger partial charge in [0.15, 0.2) is 11.7 Å². The lowest BCUT2D eigenvalue weighted by atomic mass is 10.1. The van der Waals surface area contributed by atoms with Gasteiger partial charge >= 0.3 is 0 Å². The lowest BCUT2D eigenvalue weighted by molar-refractivity contribution is 0.0926. The quantitative estimate of drug-likeness (QED) is 0.311. The summed E-state index contributed by atoms with van der Waals surface area (Å²) in [6, 6.07) is 3.34. The number of nitrogens with one attached hydrogen (secondary N) is 3. The molecule has 0 atom stereocenters. The van der Waals surface area contributed by atoms with Gasteiger partial charge in [0.25, 0.3) is 5.91 Å². The number of carbonyl (C=O) groups excluding carboxylic acids is 1. The van der Waals surface area contributed by atoms with Gasteiger partial charge in [0.1, 0.15) is 0 Å². The lowest BCUT2D eigenvalue weighted by Gasteiger charge is -2.12. The van der Waals surface area contributed by atoms with E-state index in [0.29, 0.717) is 18.8 Å². The average Bonchev–Trinajstić information content (AvgIpc) is 3.13. The van der Waals surface area contributed by atoms with E-state index in [2.05, 4.69) is 27.9 Å². The number of hydrogen-bond donors (Lipinski definition) is 3. The molecule has 0 aliphatic carbocycles. The molecule has 0 saturated heterocycles. The number of unbranched alkanes of at least 4 members (excludes halogenated alkanes) is 6. The van der Waals surface area contributed by atoms with Gasteiger partial charge in [-0.25, -0.2) is 0 Å². The fraction of sp³-hybridized carbons (Fsp3) is 0.667. The molecule has 0 aliphatic heterocycles. The minimum Gasteiger partial charge on any atom is -0.459 e. The zero-order chi connectivity index (χ0) is 17.5. The minimum atomic E-state index is -0.201. The van der Waals surface area contributed by atoms with Crippen LogP contribution >= 0.6 is 0 Å².